The second-order valence-electron chi connectivity index (χ2n) is 5.66. The minimum absolute atomic E-state index is 0.318. The van der Waals surface area contributed by atoms with E-state index in [0.717, 1.165) is 18.8 Å². The summed E-state index contributed by atoms with van der Waals surface area (Å²) in [6.07, 6.45) is -0.489. The summed E-state index contributed by atoms with van der Waals surface area (Å²) in [6.45, 7) is 6.98. The fraction of sp³-hybridized carbons (Fsp3) is 0.625. The molecular weight excluding hydrogens is 252 g/mol. The quantitative estimate of drug-likeness (QED) is 0.676. The van der Waals surface area contributed by atoms with Crippen molar-refractivity contribution in [3.8, 4) is 5.75 Å². The number of benzene rings is 1. The zero-order chi connectivity index (χ0) is 15.0. The molecule has 0 saturated carbocycles. The van der Waals surface area contributed by atoms with Crippen LogP contribution in [0.2, 0.25) is 0 Å². The first-order chi connectivity index (χ1) is 9.50. The molecule has 0 aliphatic rings. The number of hydrogen-bond acceptors (Lipinski definition) is 4. The highest BCUT2D eigenvalue weighted by molar-refractivity contribution is 5.35. The van der Waals surface area contributed by atoms with Gasteiger partial charge in [-0.1, -0.05) is 32.0 Å². The third kappa shape index (κ3) is 6.37. The first-order valence-electron chi connectivity index (χ1n) is 7.26. The molecule has 1 aromatic carbocycles. The van der Waals surface area contributed by atoms with Gasteiger partial charge < -0.3 is 20.1 Å². The second-order valence-corrected chi connectivity index (χ2v) is 5.66. The lowest BCUT2D eigenvalue weighted by molar-refractivity contribution is 0.105. The Balaban J connectivity index is 2.32. The Kier molecular flexibility index (Phi) is 7.59. The van der Waals surface area contributed by atoms with Gasteiger partial charge in [-0.25, -0.2) is 0 Å². The van der Waals surface area contributed by atoms with Crippen molar-refractivity contribution in [2.45, 2.75) is 25.9 Å². The van der Waals surface area contributed by atoms with Gasteiger partial charge in [0.2, 0.25) is 0 Å². The topological polar surface area (TPSA) is 44.7 Å². The summed E-state index contributed by atoms with van der Waals surface area (Å²) in [5.74, 6) is 1.29. The van der Waals surface area contributed by atoms with Gasteiger partial charge >= 0.3 is 0 Å². The highest BCUT2D eigenvalue weighted by Crippen LogP contribution is 2.25. The molecule has 1 rings (SSSR count). The van der Waals surface area contributed by atoms with Gasteiger partial charge in [0.25, 0.3) is 0 Å². The third-order valence-corrected chi connectivity index (χ3v) is 3.09. The van der Waals surface area contributed by atoms with E-state index in [2.05, 4.69) is 30.1 Å². The number of likely N-dealkylation sites (N-methyl/N-ethyl adjacent to an activating group) is 1. The molecule has 0 heterocycles. The number of nitrogens with one attached hydrogen (secondary N) is 1. The number of ether oxygens (including phenoxy) is 1. The Morgan fingerprint density at radius 2 is 1.95 bits per heavy atom. The van der Waals surface area contributed by atoms with Crippen LogP contribution in [0.3, 0.4) is 0 Å². The summed E-state index contributed by atoms with van der Waals surface area (Å²) in [5, 5.41) is 13.1. The normalized spacial score (nSPS) is 12.9. The van der Waals surface area contributed by atoms with Gasteiger partial charge in [-0.3, -0.25) is 0 Å². The number of hydrogen-bond donors (Lipinski definition) is 2. The molecule has 0 spiro atoms. The van der Waals surface area contributed by atoms with Gasteiger partial charge in [0, 0.05) is 19.6 Å². The Labute approximate surface area is 122 Å². The molecular formula is C16H28N2O2. The summed E-state index contributed by atoms with van der Waals surface area (Å²) in [4.78, 5) is 2.11. The maximum absolute atomic E-state index is 9.90. The van der Waals surface area contributed by atoms with Crippen LogP contribution in [0.5, 0.6) is 5.75 Å². The molecule has 0 aliphatic carbocycles. The number of aliphatic hydroxyl groups is 1. The van der Waals surface area contributed by atoms with E-state index in [0.29, 0.717) is 19.1 Å². The van der Waals surface area contributed by atoms with Crippen LogP contribution in [-0.4, -0.2) is 56.4 Å². The highest BCUT2D eigenvalue weighted by atomic mass is 16.5. The predicted molar refractivity (Wildman–Crippen MR) is 83.5 cm³/mol. The number of aliphatic hydroxyl groups excluding tert-OH is 1. The molecule has 4 nitrogen and oxygen atoms in total. The van der Waals surface area contributed by atoms with Crippen LogP contribution in [-0.2, 0) is 0 Å². The molecule has 1 aromatic rings. The fourth-order valence-corrected chi connectivity index (χ4v) is 1.91. The minimum atomic E-state index is -0.489. The minimum Gasteiger partial charge on any atom is -0.491 e. The van der Waals surface area contributed by atoms with E-state index in [1.54, 1.807) is 0 Å². The molecule has 4 heteroatoms. The average molecular weight is 280 g/mol. The number of rotatable bonds is 9. The van der Waals surface area contributed by atoms with Crippen LogP contribution in [0.4, 0.5) is 0 Å². The smallest absolute Gasteiger partial charge is 0.122 e. The molecule has 114 valence electrons. The van der Waals surface area contributed by atoms with Crippen molar-refractivity contribution in [3.63, 3.8) is 0 Å². The lowest BCUT2D eigenvalue weighted by Gasteiger charge is -2.17. The maximum atomic E-state index is 9.90. The van der Waals surface area contributed by atoms with E-state index in [-0.39, 0.29) is 0 Å². The average Bonchev–Trinajstić information content (AvgIpc) is 2.41. The van der Waals surface area contributed by atoms with Crippen LogP contribution in [0.15, 0.2) is 24.3 Å². The van der Waals surface area contributed by atoms with E-state index in [1.807, 2.05) is 32.3 Å². The molecule has 20 heavy (non-hydrogen) atoms. The van der Waals surface area contributed by atoms with Crippen LogP contribution in [0.25, 0.3) is 0 Å². The van der Waals surface area contributed by atoms with Crippen LogP contribution >= 0.6 is 0 Å². The Morgan fingerprint density at radius 3 is 2.60 bits per heavy atom. The van der Waals surface area contributed by atoms with E-state index >= 15 is 0 Å². The van der Waals surface area contributed by atoms with Gasteiger partial charge in [0.1, 0.15) is 18.5 Å². The Hall–Kier alpha value is -1.10. The second kappa shape index (κ2) is 8.95. The Morgan fingerprint density at radius 1 is 1.25 bits per heavy atom. The van der Waals surface area contributed by atoms with E-state index < -0.39 is 6.10 Å². The monoisotopic (exact) mass is 280 g/mol. The van der Waals surface area contributed by atoms with Gasteiger partial charge in [-0.05, 0) is 31.6 Å². The van der Waals surface area contributed by atoms with Crippen LogP contribution in [0.1, 0.15) is 25.3 Å². The molecule has 0 radical (unpaired) electrons. The highest BCUT2D eigenvalue weighted by Gasteiger charge is 2.09. The van der Waals surface area contributed by atoms with Gasteiger partial charge in [-0.15, -0.1) is 0 Å². The first-order valence-corrected chi connectivity index (χ1v) is 7.26. The Bertz CT molecular complexity index is 380. The molecule has 1 atom stereocenters. The predicted octanol–water partition coefficient (Wildman–Crippen LogP) is 1.70. The van der Waals surface area contributed by atoms with Crippen molar-refractivity contribution in [3.05, 3.63) is 29.8 Å². The standard InChI is InChI=1S/C16H28N2O2/c1-13(2)15-7-5-6-8-16(15)20-12-14(19)11-17-9-10-18(3)4/h5-8,13-14,17,19H,9-12H2,1-4H3/t14-/m1/s1. The summed E-state index contributed by atoms with van der Waals surface area (Å²) in [7, 11) is 4.06. The fourth-order valence-electron chi connectivity index (χ4n) is 1.91. The molecule has 0 saturated heterocycles. The first kappa shape index (κ1) is 17.0. The molecule has 0 unspecified atom stereocenters. The molecule has 0 aliphatic heterocycles. The molecule has 2 N–H and O–H groups in total. The number of nitrogens with zero attached hydrogens (tertiary/aromatic N) is 1. The number of para-hydroxylation sites is 1. The molecule has 0 amide bonds. The third-order valence-electron chi connectivity index (χ3n) is 3.09. The molecule has 0 fully saturated rings. The summed E-state index contributed by atoms with van der Waals surface area (Å²) >= 11 is 0. The van der Waals surface area contributed by atoms with Crippen molar-refractivity contribution in [2.24, 2.45) is 0 Å². The molecule has 0 aromatic heterocycles. The SMILES string of the molecule is CC(C)c1ccccc1OC[C@H](O)CNCCN(C)C. The summed E-state index contributed by atoms with van der Waals surface area (Å²) in [6, 6.07) is 8.01. The zero-order valence-electron chi connectivity index (χ0n) is 13.1. The van der Waals surface area contributed by atoms with Crippen molar-refractivity contribution in [1.29, 1.82) is 0 Å². The van der Waals surface area contributed by atoms with Gasteiger partial charge in [0.15, 0.2) is 0 Å². The lowest BCUT2D eigenvalue weighted by Crippen LogP contribution is -2.35. The lowest BCUT2D eigenvalue weighted by atomic mass is 10.0. The van der Waals surface area contributed by atoms with E-state index in [1.165, 1.54) is 5.56 Å². The van der Waals surface area contributed by atoms with E-state index in [9.17, 15) is 5.11 Å². The molecule has 0 bridgehead atoms. The van der Waals surface area contributed by atoms with Gasteiger partial charge in [-0.2, -0.15) is 0 Å². The van der Waals surface area contributed by atoms with Crippen molar-refractivity contribution >= 4 is 0 Å². The van der Waals surface area contributed by atoms with Crippen molar-refractivity contribution in [2.75, 3.05) is 40.3 Å². The van der Waals surface area contributed by atoms with Crippen LogP contribution in [0, 0.1) is 0 Å². The van der Waals surface area contributed by atoms with Crippen LogP contribution < -0.4 is 10.1 Å². The largest absolute Gasteiger partial charge is 0.491 e. The van der Waals surface area contributed by atoms with Crippen molar-refractivity contribution < 1.29 is 9.84 Å². The van der Waals surface area contributed by atoms with Crippen molar-refractivity contribution in [1.82, 2.24) is 10.2 Å². The maximum Gasteiger partial charge on any atom is 0.122 e. The summed E-state index contributed by atoms with van der Waals surface area (Å²) < 4.78 is 5.74. The van der Waals surface area contributed by atoms with E-state index in [4.69, 9.17) is 4.74 Å². The zero-order valence-corrected chi connectivity index (χ0v) is 13.1. The summed E-state index contributed by atoms with van der Waals surface area (Å²) in [5.41, 5.74) is 1.18. The van der Waals surface area contributed by atoms with Gasteiger partial charge in [0.05, 0.1) is 0 Å².